The topological polar surface area (TPSA) is 72.8 Å². The number of likely N-dealkylation sites (tertiary alicyclic amines) is 1. The van der Waals surface area contributed by atoms with Crippen LogP contribution in [-0.4, -0.2) is 37.8 Å². The molecule has 5 rings (SSSR count). The summed E-state index contributed by atoms with van der Waals surface area (Å²) in [5.41, 5.74) is 1.87. The Labute approximate surface area is 167 Å². The summed E-state index contributed by atoms with van der Waals surface area (Å²) in [7, 11) is 0. The van der Waals surface area contributed by atoms with Gasteiger partial charge in [-0.25, -0.2) is 4.98 Å². The minimum Gasteiger partial charge on any atom is -0.454 e. The lowest BCUT2D eigenvalue weighted by atomic mass is 10.2. The Morgan fingerprint density at radius 1 is 1.00 bits per heavy atom. The molecule has 0 aromatic carbocycles. The molecule has 7 nitrogen and oxygen atoms in total. The number of pyridine rings is 1. The second-order valence-corrected chi connectivity index (χ2v) is 7.47. The number of fused-ring (bicyclic) bond motifs is 3. The third-order valence-electron chi connectivity index (χ3n) is 5.57. The van der Waals surface area contributed by atoms with E-state index in [0.29, 0.717) is 22.7 Å². The number of rotatable bonds is 3. The van der Waals surface area contributed by atoms with Gasteiger partial charge in [0.05, 0.1) is 12.1 Å². The summed E-state index contributed by atoms with van der Waals surface area (Å²) in [6.07, 6.45) is 7.92. The van der Waals surface area contributed by atoms with E-state index in [-0.39, 0.29) is 18.0 Å². The van der Waals surface area contributed by atoms with Gasteiger partial charge < -0.3 is 13.7 Å². The zero-order valence-corrected chi connectivity index (χ0v) is 16.1. The number of amides is 1. The van der Waals surface area contributed by atoms with Crippen LogP contribution < -0.4 is 5.56 Å². The number of carbonyl (C=O) groups is 1. The van der Waals surface area contributed by atoms with Gasteiger partial charge in [-0.1, -0.05) is 12.8 Å². The van der Waals surface area contributed by atoms with Crippen molar-refractivity contribution in [2.45, 2.75) is 32.2 Å². The number of aromatic nitrogens is 3. The van der Waals surface area contributed by atoms with E-state index >= 15 is 0 Å². The highest BCUT2D eigenvalue weighted by Gasteiger charge is 2.21. The molecule has 0 saturated carbocycles. The first-order chi connectivity index (χ1) is 14.2. The van der Waals surface area contributed by atoms with Crippen LogP contribution in [0.25, 0.3) is 16.7 Å². The van der Waals surface area contributed by atoms with Crippen LogP contribution in [-0.2, 0) is 6.54 Å². The SMILES string of the molecule is O=C(c1ccc(Cn2c(=O)c3cccn3c3cccnc32)o1)N1CCCCCC1. The zero-order chi connectivity index (χ0) is 19.8. The third-order valence-corrected chi connectivity index (χ3v) is 5.57. The molecule has 0 N–H and O–H groups in total. The fourth-order valence-electron chi connectivity index (χ4n) is 4.09. The van der Waals surface area contributed by atoms with Crippen LogP contribution in [0.5, 0.6) is 0 Å². The molecule has 5 heterocycles. The predicted octanol–water partition coefficient (Wildman–Crippen LogP) is 3.31. The molecule has 1 fully saturated rings. The maximum Gasteiger partial charge on any atom is 0.289 e. The van der Waals surface area contributed by atoms with Gasteiger partial charge in [-0.05, 0) is 49.2 Å². The Kier molecular flexibility index (Phi) is 4.42. The summed E-state index contributed by atoms with van der Waals surface area (Å²) in [4.78, 5) is 32.1. The molecule has 1 aliphatic rings. The highest BCUT2D eigenvalue weighted by Crippen LogP contribution is 2.18. The second-order valence-electron chi connectivity index (χ2n) is 7.47. The van der Waals surface area contributed by atoms with Crippen LogP contribution in [0.4, 0.5) is 0 Å². The predicted molar refractivity (Wildman–Crippen MR) is 109 cm³/mol. The summed E-state index contributed by atoms with van der Waals surface area (Å²) in [5.74, 6) is 0.819. The van der Waals surface area contributed by atoms with E-state index in [1.165, 1.54) is 12.8 Å². The molecule has 1 amide bonds. The molecule has 7 heteroatoms. The van der Waals surface area contributed by atoms with Crippen molar-refractivity contribution in [2.75, 3.05) is 13.1 Å². The standard InChI is InChI=1S/C22H22N4O3/c27-21-18-8-6-14-25(18)17-7-5-11-23-20(17)26(21)15-16-9-10-19(29-16)22(28)24-12-3-1-2-4-13-24/h5-11,14H,1-4,12-13,15H2. The van der Waals surface area contributed by atoms with Gasteiger partial charge in [-0.3, -0.25) is 14.2 Å². The highest BCUT2D eigenvalue weighted by atomic mass is 16.4. The van der Waals surface area contributed by atoms with E-state index in [1.807, 2.05) is 33.7 Å². The van der Waals surface area contributed by atoms with Gasteiger partial charge in [0.15, 0.2) is 11.4 Å². The summed E-state index contributed by atoms with van der Waals surface area (Å²) < 4.78 is 9.30. The molecule has 0 unspecified atom stereocenters. The van der Waals surface area contributed by atoms with Crippen LogP contribution in [0, 0.1) is 0 Å². The van der Waals surface area contributed by atoms with E-state index in [2.05, 4.69) is 4.98 Å². The van der Waals surface area contributed by atoms with Crippen LogP contribution in [0.3, 0.4) is 0 Å². The maximum atomic E-state index is 13.0. The number of nitrogens with zero attached hydrogens (tertiary/aromatic N) is 4. The van der Waals surface area contributed by atoms with Crippen molar-refractivity contribution in [3.8, 4) is 0 Å². The highest BCUT2D eigenvalue weighted by molar-refractivity contribution is 5.91. The number of hydrogen-bond acceptors (Lipinski definition) is 4. The Morgan fingerprint density at radius 3 is 2.62 bits per heavy atom. The summed E-state index contributed by atoms with van der Waals surface area (Å²) >= 11 is 0. The maximum absolute atomic E-state index is 13.0. The average Bonchev–Trinajstić information content (AvgIpc) is 3.34. The first kappa shape index (κ1) is 17.7. The first-order valence-corrected chi connectivity index (χ1v) is 10.0. The van der Waals surface area contributed by atoms with Crippen molar-refractivity contribution in [1.29, 1.82) is 0 Å². The van der Waals surface area contributed by atoms with Crippen molar-refractivity contribution in [2.24, 2.45) is 0 Å². The van der Waals surface area contributed by atoms with E-state index in [4.69, 9.17) is 4.42 Å². The molecule has 0 spiro atoms. The summed E-state index contributed by atoms with van der Waals surface area (Å²) in [5, 5.41) is 0. The minimum absolute atomic E-state index is 0.0736. The largest absolute Gasteiger partial charge is 0.454 e. The Morgan fingerprint density at radius 2 is 1.79 bits per heavy atom. The number of carbonyl (C=O) groups excluding carboxylic acids is 1. The van der Waals surface area contributed by atoms with Crippen LogP contribution in [0.2, 0.25) is 0 Å². The molecule has 0 radical (unpaired) electrons. The van der Waals surface area contributed by atoms with Crippen molar-refractivity contribution in [3.05, 3.63) is 70.7 Å². The molecule has 1 aliphatic heterocycles. The molecule has 1 saturated heterocycles. The smallest absolute Gasteiger partial charge is 0.289 e. The number of hydrogen-bond donors (Lipinski definition) is 0. The Hall–Kier alpha value is -3.35. The normalized spacial score (nSPS) is 15.1. The van der Waals surface area contributed by atoms with Crippen molar-refractivity contribution in [1.82, 2.24) is 18.9 Å². The Bertz CT molecular complexity index is 1240. The Balaban J connectivity index is 1.49. The molecule has 0 aliphatic carbocycles. The van der Waals surface area contributed by atoms with Crippen molar-refractivity contribution in [3.63, 3.8) is 0 Å². The molecule has 0 bridgehead atoms. The monoisotopic (exact) mass is 390 g/mol. The molecular formula is C22H22N4O3. The fraction of sp³-hybridized carbons (Fsp3) is 0.318. The lowest BCUT2D eigenvalue weighted by Crippen LogP contribution is -2.31. The van der Waals surface area contributed by atoms with Crippen LogP contribution in [0.1, 0.15) is 42.0 Å². The van der Waals surface area contributed by atoms with E-state index in [9.17, 15) is 9.59 Å². The summed E-state index contributed by atoms with van der Waals surface area (Å²) in [6.45, 7) is 1.77. The van der Waals surface area contributed by atoms with Crippen LogP contribution in [0.15, 0.2) is 58.0 Å². The zero-order valence-electron chi connectivity index (χ0n) is 16.1. The van der Waals surface area contributed by atoms with Crippen LogP contribution >= 0.6 is 0 Å². The van der Waals surface area contributed by atoms with E-state index in [0.717, 1.165) is 31.4 Å². The minimum atomic E-state index is -0.141. The number of furan rings is 1. The molecule has 0 atom stereocenters. The lowest BCUT2D eigenvalue weighted by molar-refractivity contribution is 0.0727. The van der Waals surface area contributed by atoms with Gasteiger partial charge in [0.2, 0.25) is 0 Å². The molecule has 29 heavy (non-hydrogen) atoms. The molecule has 4 aromatic heterocycles. The van der Waals surface area contributed by atoms with Gasteiger partial charge in [0.1, 0.15) is 11.3 Å². The molecule has 4 aromatic rings. The van der Waals surface area contributed by atoms with Gasteiger partial charge in [-0.2, -0.15) is 0 Å². The third kappa shape index (κ3) is 3.12. The quantitative estimate of drug-likeness (QED) is 0.538. The van der Waals surface area contributed by atoms with Gasteiger partial charge >= 0.3 is 0 Å². The van der Waals surface area contributed by atoms with Gasteiger partial charge in [0.25, 0.3) is 11.5 Å². The van der Waals surface area contributed by atoms with Crippen molar-refractivity contribution >= 4 is 22.6 Å². The van der Waals surface area contributed by atoms with Gasteiger partial charge in [0, 0.05) is 25.5 Å². The molecule has 148 valence electrons. The summed E-state index contributed by atoms with van der Waals surface area (Å²) in [6, 6.07) is 10.9. The second kappa shape index (κ2) is 7.24. The average molecular weight is 390 g/mol. The van der Waals surface area contributed by atoms with E-state index in [1.54, 1.807) is 29.0 Å². The fourth-order valence-corrected chi connectivity index (χ4v) is 4.09. The van der Waals surface area contributed by atoms with E-state index < -0.39 is 0 Å². The molecular weight excluding hydrogens is 368 g/mol. The van der Waals surface area contributed by atoms with Crippen molar-refractivity contribution < 1.29 is 9.21 Å². The lowest BCUT2D eigenvalue weighted by Gasteiger charge is -2.18. The first-order valence-electron chi connectivity index (χ1n) is 10.0. The van der Waals surface area contributed by atoms with Gasteiger partial charge in [-0.15, -0.1) is 0 Å².